The summed E-state index contributed by atoms with van der Waals surface area (Å²) in [6, 6.07) is 3.23. The van der Waals surface area contributed by atoms with E-state index >= 15 is 0 Å². The van der Waals surface area contributed by atoms with E-state index < -0.39 is 0 Å². The van der Waals surface area contributed by atoms with Gasteiger partial charge in [-0.2, -0.15) is 0 Å². The molecule has 0 atom stereocenters. The lowest BCUT2D eigenvalue weighted by molar-refractivity contribution is 0.618. The molecule has 0 bridgehead atoms. The normalized spacial score (nSPS) is 10.2. The molecule has 1 aromatic rings. The highest BCUT2D eigenvalue weighted by Gasteiger charge is 2.03. The van der Waals surface area contributed by atoms with Gasteiger partial charge in [0.05, 0.1) is 0 Å². The zero-order valence-electron chi connectivity index (χ0n) is 7.52. The van der Waals surface area contributed by atoms with Crippen LogP contribution in [-0.4, -0.2) is 0 Å². The molecule has 0 fully saturated rings. The fraction of sp³-hybridized carbons (Fsp3) is 0.400. The van der Waals surface area contributed by atoms with E-state index in [0.29, 0.717) is 11.3 Å². The van der Waals surface area contributed by atoms with Crippen molar-refractivity contribution in [3.63, 3.8) is 0 Å². The Morgan fingerprint density at radius 2 is 2.08 bits per heavy atom. The highest BCUT2D eigenvalue weighted by atomic mass is 19.1. The largest absolute Gasteiger partial charge is 0.398 e. The predicted molar refractivity (Wildman–Crippen MR) is 49.5 cm³/mol. The SMILES string of the molecule is CCCc1cc(C)c(F)cc1N. The highest BCUT2D eigenvalue weighted by molar-refractivity contribution is 5.49. The summed E-state index contributed by atoms with van der Waals surface area (Å²) in [7, 11) is 0. The minimum absolute atomic E-state index is 0.215. The van der Waals surface area contributed by atoms with E-state index in [4.69, 9.17) is 5.73 Å². The molecule has 0 aliphatic carbocycles. The molecule has 0 aliphatic heterocycles. The van der Waals surface area contributed by atoms with Crippen molar-refractivity contribution in [2.75, 3.05) is 5.73 Å². The average molecular weight is 167 g/mol. The molecule has 0 radical (unpaired) electrons. The zero-order valence-corrected chi connectivity index (χ0v) is 7.52. The third-order valence-corrected chi connectivity index (χ3v) is 1.94. The second kappa shape index (κ2) is 3.57. The molecule has 1 nitrogen and oxygen atoms in total. The summed E-state index contributed by atoms with van der Waals surface area (Å²) in [4.78, 5) is 0. The van der Waals surface area contributed by atoms with Crippen LogP contribution in [0, 0.1) is 12.7 Å². The fourth-order valence-electron chi connectivity index (χ4n) is 1.24. The quantitative estimate of drug-likeness (QED) is 0.673. The van der Waals surface area contributed by atoms with Crippen molar-refractivity contribution in [1.29, 1.82) is 0 Å². The van der Waals surface area contributed by atoms with Crippen molar-refractivity contribution in [2.45, 2.75) is 26.7 Å². The Kier molecular flexibility index (Phi) is 2.69. The van der Waals surface area contributed by atoms with Crippen LogP contribution >= 0.6 is 0 Å². The van der Waals surface area contributed by atoms with Crippen LogP contribution in [0.5, 0.6) is 0 Å². The van der Waals surface area contributed by atoms with Gasteiger partial charge in [-0.3, -0.25) is 0 Å². The Hall–Kier alpha value is -1.05. The van der Waals surface area contributed by atoms with E-state index in [2.05, 4.69) is 6.92 Å². The second-order valence-electron chi connectivity index (χ2n) is 3.05. The summed E-state index contributed by atoms with van der Waals surface area (Å²) in [5.74, 6) is -0.215. The van der Waals surface area contributed by atoms with Crippen LogP contribution in [0.4, 0.5) is 10.1 Å². The van der Waals surface area contributed by atoms with Gasteiger partial charge in [0.2, 0.25) is 0 Å². The minimum atomic E-state index is -0.215. The molecule has 1 rings (SSSR count). The number of halogens is 1. The monoisotopic (exact) mass is 167 g/mol. The number of hydrogen-bond donors (Lipinski definition) is 1. The van der Waals surface area contributed by atoms with Crippen LogP contribution in [0.2, 0.25) is 0 Å². The van der Waals surface area contributed by atoms with Gasteiger partial charge in [-0.1, -0.05) is 19.4 Å². The maximum atomic E-state index is 12.9. The molecule has 66 valence electrons. The summed E-state index contributed by atoms with van der Waals surface area (Å²) >= 11 is 0. The standard InChI is InChI=1S/C10H14FN/c1-3-4-8-5-7(2)9(11)6-10(8)12/h5-6H,3-4,12H2,1-2H3. The number of rotatable bonds is 2. The van der Waals surface area contributed by atoms with Crippen molar-refractivity contribution in [3.05, 3.63) is 29.1 Å². The summed E-state index contributed by atoms with van der Waals surface area (Å²) in [6.45, 7) is 3.84. The van der Waals surface area contributed by atoms with E-state index in [9.17, 15) is 4.39 Å². The first-order valence-electron chi connectivity index (χ1n) is 4.19. The van der Waals surface area contributed by atoms with E-state index in [1.165, 1.54) is 6.07 Å². The van der Waals surface area contributed by atoms with Crippen LogP contribution < -0.4 is 5.73 Å². The van der Waals surface area contributed by atoms with Crippen molar-refractivity contribution < 1.29 is 4.39 Å². The molecule has 1 aromatic carbocycles. The summed E-state index contributed by atoms with van der Waals surface area (Å²) in [5, 5.41) is 0. The van der Waals surface area contributed by atoms with Crippen molar-refractivity contribution >= 4 is 5.69 Å². The molecule has 2 heteroatoms. The smallest absolute Gasteiger partial charge is 0.128 e. The Bertz CT molecular complexity index is 281. The van der Waals surface area contributed by atoms with Crippen LogP contribution in [0.1, 0.15) is 24.5 Å². The molecular weight excluding hydrogens is 153 g/mol. The Balaban J connectivity index is 3.05. The van der Waals surface area contributed by atoms with Gasteiger partial charge in [0.25, 0.3) is 0 Å². The number of anilines is 1. The van der Waals surface area contributed by atoms with E-state index in [0.717, 1.165) is 18.4 Å². The Labute approximate surface area is 72.4 Å². The number of nitrogens with two attached hydrogens (primary N) is 1. The molecule has 0 spiro atoms. The maximum absolute atomic E-state index is 12.9. The number of aryl methyl sites for hydroxylation is 2. The average Bonchev–Trinajstić information content (AvgIpc) is 2.01. The minimum Gasteiger partial charge on any atom is -0.398 e. The molecule has 12 heavy (non-hydrogen) atoms. The van der Waals surface area contributed by atoms with Gasteiger partial charge in [0, 0.05) is 5.69 Å². The molecule has 0 amide bonds. The van der Waals surface area contributed by atoms with Gasteiger partial charge in [-0.15, -0.1) is 0 Å². The second-order valence-corrected chi connectivity index (χ2v) is 3.05. The third kappa shape index (κ3) is 1.76. The van der Waals surface area contributed by atoms with Crippen molar-refractivity contribution in [1.82, 2.24) is 0 Å². The zero-order chi connectivity index (χ0) is 9.14. The maximum Gasteiger partial charge on any atom is 0.128 e. The highest BCUT2D eigenvalue weighted by Crippen LogP contribution is 2.18. The van der Waals surface area contributed by atoms with Gasteiger partial charge in [0.15, 0.2) is 0 Å². The van der Waals surface area contributed by atoms with Gasteiger partial charge < -0.3 is 5.73 Å². The van der Waals surface area contributed by atoms with E-state index in [1.807, 2.05) is 6.07 Å². The summed E-state index contributed by atoms with van der Waals surface area (Å²) in [6.07, 6.45) is 1.96. The van der Waals surface area contributed by atoms with Crippen LogP contribution in [-0.2, 0) is 6.42 Å². The number of benzene rings is 1. The first-order chi connectivity index (χ1) is 5.65. The summed E-state index contributed by atoms with van der Waals surface area (Å²) in [5.41, 5.74) is 7.93. The van der Waals surface area contributed by atoms with Crippen LogP contribution in [0.15, 0.2) is 12.1 Å². The molecule has 0 saturated carbocycles. The van der Waals surface area contributed by atoms with Crippen LogP contribution in [0.25, 0.3) is 0 Å². The van der Waals surface area contributed by atoms with Crippen molar-refractivity contribution in [2.24, 2.45) is 0 Å². The molecule has 0 unspecified atom stereocenters. The molecule has 0 aliphatic rings. The molecular formula is C10H14FN. The van der Waals surface area contributed by atoms with Gasteiger partial charge in [0.1, 0.15) is 5.82 Å². The number of nitrogen functional groups attached to an aromatic ring is 1. The molecule has 2 N–H and O–H groups in total. The van der Waals surface area contributed by atoms with E-state index in [-0.39, 0.29) is 5.82 Å². The van der Waals surface area contributed by atoms with Gasteiger partial charge in [-0.05, 0) is 30.5 Å². The summed E-state index contributed by atoms with van der Waals surface area (Å²) < 4.78 is 12.9. The van der Waals surface area contributed by atoms with Gasteiger partial charge in [-0.25, -0.2) is 4.39 Å². The first-order valence-corrected chi connectivity index (χ1v) is 4.19. The number of hydrogen-bond acceptors (Lipinski definition) is 1. The lowest BCUT2D eigenvalue weighted by Crippen LogP contribution is -1.97. The van der Waals surface area contributed by atoms with Gasteiger partial charge >= 0.3 is 0 Å². The van der Waals surface area contributed by atoms with Crippen molar-refractivity contribution in [3.8, 4) is 0 Å². The first kappa shape index (κ1) is 9.04. The third-order valence-electron chi connectivity index (χ3n) is 1.94. The fourth-order valence-corrected chi connectivity index (χ4v) is 1.24. The van der Waals surface area contributed by atoms with Crippen LogP contribution in [0.3, 0.4) is 0 Å². The Morgan fingerprint density at radius 3 is 2.67 bits per heavy atom. The topological polar surface area (TPSA) is 26.0 Å². The lowest BCUT2D eigenvalue weighted by Gasteiger charge is -2.05. The predicted octanol–water partition coefficient (Wildman–Crippen LogP) is 2.67. The Morgan fingerprint density at radius 1 is 1.42 bits per heavy atom. The molecule has 0 heterocycles. The molecule has 0 aromatic heterocycles. The molecule has 0 saturated heterocycles. The van der Waals surface area contributed by atoms with E-state index in [1.54, 1.807) is 6.92 Å². The lowest BCUT2D eigenvalue weighted by atomic mass is 10.1.